The van der Waals surface area contributed by atoms with Gasteiger partial charge in [-0.3, -0.25) is 4.79 Å². The average molecular weight is 511 g/mol. The van der Waals surface area contributed by atoms with E-state index in [0.717, 1.165) is 10.2 Å². The molecule has 3 rings (SSSR count). The van der Waals surface area contributed by atoms with Crippen LogP contribution in [-0.4, -0.2) is 25.7 Å². The Morgan fingerprint density at radius 2 is 1.75 bits per heavy atom. The number of benzene rings is 2. The van der Waals surface area contributed by atoms with Crippen LogP contribution in [0.3, 0.4) is 0 Å². The van der Waals surface area contributed by atoms with Crippen molar-refractivity contribution < 1.29 is 18.7 Å². The molecule has 1 heterocycles. The van der Waals surface area contributed by atoms with Gasteiger partial charge in [0.2, 0.25) is 0 Å². The Bertz CT molecular complexity index is 1050. The van der Waals surface area contributed by atoms with Crippen LogP contribution in [0.5, 0.6) is 11.5 Å². The average Bonchev–Trinajstić information content (AvgIpc) is 2.67. The summed E-state index contributed by atoms with van der Waals surface area (Å²) in [6.07, 6.45) is 0. The van der Waals surface area contributed by atoms with Gasteiger partial charge in [-0.2, -0.15) is 0 Å². The van der Waals surface area contributed by atoms with E-state index in [4.69, 9.17) is 13.9 Å². The van der Waals surface area contributed by atoms with Crippen molar-refractivity contribution in [3.8, 4) is 11.5 Å². The van der Waals surface area contributed by atoms with Crippen LogP contribution in [0.4, 0.5) is 0 Å². The molecule has 3 aromatic rings. The maximum atomic E-state index is 12.3. The molecule has 0 bridgehead atoms. The van der Waals surface area contributed by atoms with Crippen LogP contribution in [-0.2, 0) is 0 Å². The molecule has 146 valence electrons. The second kappa shape index (κ2) is 9.25. The quantitative estimate of drug-likeness (QED) is 0.373. The van der Waals surface area contributed by atoms with Gasteiger partial charge < -0.3 is 19.2 Å². The molecule has 28 heavy (non-hydrogen) atoms. The predicted octanol–water partition coefficient (Wildman–Crippen LogP) is 4.53. The van der Waals surface area contributed by atoms with Crippen molar-refractivity contribution in [2.75, 3.05) is 19.8 Å². The summed E-state index contributed by atoms with van der Waals surface area (Å²) < 4.78 is 17.6. The van der Waals surface area contributed by atoms with Gasteiger partial charge in [-0.05, 0) is 65.3 Å². The molecule has 0 fully saturated rings. The van der Waals surface area contributed by atoms with E-state index in [1.807, 2.05) is 19.1 Å². The van der Waals surface area contributed by atoms with Crippen LogP contribution in [0.15, 0.2) is 60.6 Å². The number of carbonyl (C=O) groups is 1. The highest BCUT2D eigenvalue weighted by atomic mass is 79.9. The summed E-state index contributed by atoms with van der Waals surface area (Å²) in [4.78, 5) is 24.5. The number of fused-ring (bicyclic) bond motifs is 1. The molecule has 0 aliphatic rings. The van der Waals surface area contributed by atoms with Gasteiger partial charge in [-0.15, -0.1) is 0 Å². The lowest BCUT2D eigenvalue weighted by atomic mass is 10.2. The predicted molar refractivity (Wildman–Crippen MR) is 113 cm³/mol. The zero-order valence-electron chi connectivity index (χ0n) is 15.0. The van der Waals surface area contributed by atoms with E-state index < -0.39 is 11.5 Å². The van der Waals surface area contributed by atoms with Crippen molar-refractivity contribution in [1.29, 1.82) is 0 Å². The molecule has 0 radical (unpaired) electrons. The number of amides is 1. The summed E-state index contributed by atoms with van der Waals surface area (Å²) >= 11 is 6.72. The fourth-order valence-electron chi connectivity index (χ4n) is 2.54. The van der Waals surface area contributed by atoms with Gasteiger partial charge in [-0.25, -0.2) is 4.79 Å². The summed E-state index contributed by atoms with van der Waals surface area (Å²) in [6.45, 7) is 3.02. The van der Waals surface area contributed by atoms with Crippen molar-refractivity contribution in [2.24, 2.45) is 0 Å². The third-order valence-corrected chi connectivity index (χ3v) is 4.83. The summed E-state index contributed by atoms with van der Waals surface area (Å²) in [5.74, 6) is 0.920. The van der Waals surface area contributed by atoms with Crippen molar-refractivity contribution in [3.63, 3.8) is 0 Å². The van der Waals surface area contributed by atoms with Gasteiger partial charge in [0.1, 0.15) is 23.7 Å². The van der Waals surface area contributed by atoms with E-state index >= 15 is 0 Å². The van der Waals surface area contributed by atoms with Crippen LogP contribution in [0.2, 0.25) is 0 Å². The summed E-state index contributed by atoms with van der Waals surface area (Å²) in [5, 5.41) is 3.30. The number of rotatable bonds is 7. The Labute approximate surface area is 178 Å². The molecule has 0 atom stereocenters. The lowest BCUT2D eigenvalue weighted by molar-refractivity contribution is 0.0943. The van der Waals surface area contributed by atoms with E-state index in [9.17, 15) is 9.59 Å². The van der Waals surface area contributed by atoms with Gasteiger partial charge in [0.15, 0.2) is 5.58 Å². The number of hydrogen-bond acceptors (Lipinski definition) is 5. The normalized spacial score (nSPS) is 10.7. The fourth-order valence-corrected chi connectivity index (χ4v) is 3.88. The minimum atomic E-state index is -0.694. The number of carbonyl (C=O) groups excluding carboxylic acids is 1. The smallest absolute Gasteiger partial charge is 0.349 e. The number of nitrogens with one attached hydrogen (secondary N) is 1. The van der Waals surface area contributed by atoms with Crippen LogP contribution >= 0.6 is 31.9 Å². The zero-order valence-corrected chi connectivity index (χ0v) is 18.1. The highest BCUT2D eigenvalue weighted by Gasteiger charge is 2.15. The first-order valence-electron chi connectivity index (χ1n) is 8.54. The minimum absolute atomic E-state index is 0.0569. The van der Waals surface area contributed by atoms with E-state index in [1.165, 1.54) is 6.07 Å². The van der Waals surface area contributed by atoms with E-state index in [2.05, 4.69) is 37.2 Å². The largest absolute Gasteiger partial charge is 0.494 e. The maximum Gasteiger partial charge on any atom is 0.349 e. The molecular weight excluding hydrogens is 494 g/mol. The highest BCUT2D eigenvalue weighted by Crippen LogP contribution is 2.28. The molecule has 0 spiro atoms. The molecule has 0 aliphatic heterocycles. The van der Waals surface area contributed by atoms with Crippen molar-refractivity contribution in [2.45, 2.75) is 6.92 Å². The zero-order chi connectivity index (χ0) is 20.1. The molecule has 0 aliphatic carbocycles. The SMILES string of the molecule is CCOc1ccc(OCCNC(=O)c2cc3cc(Br)cc(Br)c3oc2=O)cc1. The van der Waals surface area contributed by atoms with Gasteiger partial charge in [0, 0.05) is 9.86 Å². The van der Waals surface area contributed by atoms with Gasteiger partial charge in [-0.1, -0.05) is 15.9 Å². The van der Waals surface area contributed by atoms with Crippen LogP contribution in [0, 0.1) is 0 Å². The van der Waals surface area contributed by atoms with Crippen molar-refractivity contribution >= 4 is 48.7 Å². The Kier molecular flexibility index (Phi) is 6.74. The maximum absolute atomic E-state index is 12.3. The highest BCUT2D eigenvalue weighted by molar-refractivity contribution is 9.11. The van der Waals surface area contributed by atoms with Crippen molar-refractivity contribution in [1.82, 2.24) is 5.32 Å². The molecule has 8 heteroatoms. The Morgan fingerprint density at radius 1 is 1.07 bits per heavy atom. The van der Waals surface area contributed by atoms with Gasteiger partial charge >= 0.3 is 5.63 Å². The summed E-state index contributed by atoms with van der Waals surface area (Å²) in [7, 11) is 0. The Hall–Kier alpha value is -2.32. The van der Waals surface area contributed by atoms with Crippen LogP contribution < -0.4 is 20.4 Å². The van der Waals surface area contributed by atoms with Crippen molar-refractivity contribution in [3.05, 3.63) is 67.4 Å². The molecule has 1 aromatic heterocycles. The molecule has 0 unspecified atom stereocenters. The second-order valence-corrected chi connectivity index (χ2v) is 7.53. The number of hydrogen-bond donors (Lipinski definition) is 1. The summed E-state index contributed by atoms with van der Waals surface area (Å²) in [6, 6.07) is 12.3. The molecule has 1 amide bonds. The Morgan fingerprint density at radius 3 is 2.43 bits per heavy atom. The molecule has 0 saturated carbocycles. The number of halogens is 2. The minimum Gasteiger partial charge on any atom is -0.494 e. The molecule has 2 aromatic carbocycles. The summed E-state index contributed by atoms with van der Waals surface area (Å²) in [5.41, 5.74) is -0.359. The fraction of sp³-hybridized carbons (Fsp3) is 0.200. The molecule has 6 nitrogen and oxygen atoms in total. The Balaban J connectivity index is 1.60. The third-order valence-electron chi connectivity index (χ3n) is 3.79. The third kappa shape index (κ3) is 4.94. The second-order valence-electron chi connectivity index (χ2n) is 5.76. The van der Waals surface area contributed by atoms with Crippen LogP contribution in [0.1, 0.15) is 17.3 Å². The number of ether oxygens (including phenoxy) is 2. The first-order valence-corrected chi connectivity index (χ1v) is 10.1. The first-order chi connectivity index (χ1) is 13.5. The van der Waals surface area contributed by atoms with E-state index in [0.29, 0.717) is 27.8 Å². The van der Waals surface area contributed by atoms with Gasteiger partial charge in [0.25, 0.3) is 5.91 Å². The molecular formula is C20H17Br2NO5. The topological polar surface area (TPSA) is 77.8 Å². The first kappa shape index (κ1) is 20.4. The molecule has 0 saturated heterocycles. The standard InChI is InChI=1S/C20H17Br2NO5/c1-2-26-14-3-5-15(6-4-14)27-8-7-23-19(24)16-10-12-9-13(21)11-17(22)18(12)28-20(16)25/h3-6,9-11H,2,7-8H2,1H3,(H,23,24). The lowest BCUT2D eigenvalue weighted by Gasteiger charge is -2.09. The van der Waals surface area contributed by atoms with E-state index in [1.54, 1.807) is 24.3 Å². The monoisotopic (exact) mass is 509 g/mol. The van der Waals surface area contributed by atoms with Gasteiger partial charge in [0.05, 0.1) is 17.6 Å². The molecule has 1 N–H and O–H groups in total. The van der Waals surface area contributed by atoms with E-state index in [-0.39, 0.29) is 18.7 Å². The van der Waals surface area contributed by atoms with Crippen LogP contribution in [0.25, 0.3) is 11.0 Å². The lowest BCUT2D eigenvalue weighted by Crippen LogP contribution is -2.31.